The number of nitrogen functional groups attached to an aromatic ring is 1. The van der Waals surface area contributed by atoms with Crippen LogP contribution >= 0.6 is 0 Å². The second-order valence-electron chi connectivity index (χ2n) is 5.35. The molecule has 2 rings (SSSR count). The highest BCUT2D eigenvalue weighted by Crippen LogP contribution is 2.25. The zero-order valence-electron chi connectivity index (χ0n) is 12.2. The van der Waals surface area contributed by atoms with E-state index in [1.165, 1.54) is 0 Å². The summed E-state index contributed by atoms with van der Waals surface area (Å²) in [7, 11) is -3.47. The Hall–Kier alpha value is -2.01. The molecule has 3 N–H and O–H groups in total. The highest BCUT2D eigenvalue weighted by atomic mass is 32.2. The van der Waals surface area contributed by atoms with Crippen molar-refractivity contribution in [3.63, 3.8) is 0 Å². The van der Waals surface area contributed by atoms with Crippen LogP contribution in [0.15, 0.2) is 48.5 Å². The van der Waals surface area contributed by atoms with Gasteiger partial charge in [0.2, 0.25) is 10.0 Å². The average molecular weight is 304 g/mol. The largest absolute Gasteiger partial charge is 0.399 e. The van der Waals surface area contributed by atoms with Gasteiger partial charge in [-0.1, -0.05) is 44.2 Å². The molecule has 2 aromatic carbocycles. The van der Waals surface area contributed by atoms with Gasteiger partial charge in [0.25, 0.3) is 0 Å². The third kappa shape index (κ3) is 4.23. The summed E-state index contributed by atoms with van der Waals surface area (Å²) in [5, 5.41) is 0. The molecule has 0 unspecified atom stereocenters. The molecule has 0 aromatic heterocycles. The Morgan fingerprint density at radius 2 is 1.81 bits per heavy atom. The zero-order valence-corrected chi connectivity index (χ0v) is 13.0. The lowest BCUT2D eigenvalue weighted by molar-refractivity contribution is 0.600. The topological polar surface area (TPSA) is 72.2 Å². The molecule has 0 atom stereocenters. The molecule has 0 saturated carbocycles. The van der Waals surface area contributed by atoms with Crippen molar-refractivity contribution in [2.24, 2.45) is 0 Å². The molecule has 0 radical (unpaired) electrons. The van der Waals surface area contributed by atoms with Crippen LogP contribution in [0.2, 0.25) is 0 Å². The van der Waals surface area contributed by atoms with Crippen LogP contribution in [0, 0.1) is 0 Å². The van der Waals surface area contributed by atoms with Crippen LogP contribution in [0.3, 0.4) is 0 Å². The molecule has 0 aliphatic rings. The zero-order chi connectivity index (χ0) is 15.5. The van der Waals surface area contributed by atoms with Gasteiger partial charge in [0.15, 0.2) is 0 Å². The summed E-state index contributed by atoms with van der Waals surface area (Å²) in [6.45, 7) is 4.07. The predicted molar refractivity (Wildman–Crippen MR) is 87.6 cm³/mol. The quantitative estimate of drug-likeness (QED) is 0.832. The predicted octanol–water partition coefficient (Wildman–Crippen LogP) is 3.33. The second-order valence-corrected chi connectivity index (χ2v) is 7.07. The summed E-state index contributed by atoms with van der Waals surface area (Å²) in [6.07, 6.45) is 0. The fourth-order valence-corrected chi connectivity index (χ4v) is 3.41. The van der Waals surface area contributed by atoms with Gasteiger partial charge in [-0.15, -0.1) is 0 Å². The standard InChI is InChI=1S/C16H20N2O2S/c1-12(2)15-8-3-4-9-16(15)18-21(19,20)11-13-6-5-7-14(17)10-13/h3-10,12,18H,11,17H2,1-2H3. The number of hydrogen-bond acceptors (Lipinski definition) is 3. The number of nitrogens with one attached hydrogen (secondary N) is 1. The van der Waals surface area contributed by atoms with Crippen molar-refractivity contribution < 1.29 is 8.42 Å². The normalized spacial score (nSPS) is 11.6. The lowest BCUT2D eigenvalue weighted by Gasteiger charge is -2.15. The number of nitrogens with two attached hydrogens (primary N) is 1. The fourth-order valence-electron chi connectivity index (χ4n) is 2.20. The summed E-state index contributed by atoms with van der Waals surface area (Å²) in [5.41, 5.74) is 8.53. The minimum Gasteiger partial charge on any atom is -0.399 e. The van der Waals surface area contributed by atoms with Gasteiger partial charge < -0.3 is 5.73 Å². The molecule has 5 heteroatoms. The molecule has 0 saturated heterocycles. The van der Waals surface area contributed by atoms with Crippen molar-refractivity contribution in [1.29, 1.82) is 0 Å². The van der Waals surface area contributed by atoms with E-state index in [1.807, 2.05) is 32.0 Å². The molecule has 2 aromatic rings. The van der Waals surface area contributed by atoms with Crippen molar-refractivity contribution in [3.05, 3.63) is 59.7 Å². The van der Waals surface area contributed by atoms with Crippen LogP contribution in [-0.4, -0.2) is 8.42 Å². The highest BCUT2D eigenvalue weighted by molar-refractivity contribution is 7.91. The number of rotatable bonds is 5. The highest BCUT2D eigenvalue weighted by Gasteiger charge is 2.15. The minimum absolute atomic E-state index is 0.0928. The smallest absolute Gasteiger partial charge is 0.236 e. The number of benzene rings is 2. The van der Waals surface area contributed by atoms with Gasteiger partial charge in [-0.05, 0) is 35.2 Å². The Kier molecular flexibility index (Phi) is 4.53. The summed E-state index contributed by atoms with van der Waals surface area (Å²) in [6, 6.07) is 14.4. The van der Waals surface area contributed by atoms with Crippen molar-refractivity contribution in [1.82, 2.24) is 0 Å². The third-order valence-corrected chi connectivity index (χ3v) is 4.40. The minimum atomic E-state index is -3.47. The molecule has 0 heterocycles. The number of sulfonamides is 1. The molecule has 0 aliphatic heterocycles. The van der Waals surface area contributed by atoms with Crippen LogP contribution in [0.1, 0.15) is 30.9 Å². The number of hydrogen-bond donors (Lipinski definition) is 2. The lowest BCUT2D eigenvalue weighted by Crippen LogP contribution is -2.16. The van der Waals surface area contributed by atoms with Gasteiger partial charge in [0.1, 0.15) is 0 Å². The van der Waals surface area contributed by atoms with Gasteiger partial charge in [-0.2, -0.15) is 0 Å². The molecule has 4 nitrogen and oxygen atoms in total. The Morgan fingerprint density at radius 3 is 2.48 bits per heavy atom. The van der Waals surface area contributed by atoms with E-state index < -0.39 is 10.0 Å². The first-order valence-corrected chi connectivity index (χ1v) is 8.46. The molecule has 112 valence electrons. The molecule has 21 heavy (non-hydrogen) atoms. The van der Waals surface area contributed by atoms with Crippen LogP contribution in [0.25, 0.3) is 0 Å². The SMILES string of the molecule is CC(C)c1ccccc1NS(=O)(=O)Cc1cccc(N)c1. The van der Waals surface area contributed by atoms with Crippen LogP contribution in [-0.2, 0) is 15.8 Å². The summed E-state index contributed by atoms with van der Waals surface area (Å²) >= 11 is 0. The summed E-state index contributed by atoms with van der Waals surface area (Å²) < 4.78 is 27.3. The molecule has 0 aliphatic carbocycles. The van der Waals surface area contributed by atoms with Crippen LogP contribution in [0.4, 0.5) is 11.4 Å². The van der Waals surface area contributed by atoms with Crippen molar-refractivity contribution >= 4 is 21.4 Å². The third-order valence-electron chi connectivity index (χ3n) is 3.16. The maximum atomic E-state index is 12.3. The van der Waals surface area contributed by atoms with E-state index in [-0.39, 0.29) is 11.7 Å². The average Bonchev–Trinajstić information content (AvgIpc) is 2.37. The summed E-state index contributed by atoms with van der Waals surface area (Å²) in [4.78, 5) is 0. The first-order chi connectivity index (χ1) is 9.87. The lowest BCUT2D eigenvalue weighted by atomic mass is 10.0. The fraction of sp³-hybridized carbons (Fsp3) is 0.250. The molecule has 0 spiro atoms. The van der Waals surface area contributed by atoms with Crippen LogP contribution in [0.5, 0.6) is 0 Å². The van der Waals surface area contributed by atoms with E-state index in [9.17, 15) is 8.42 Å². The number of anilines is 2. The first-order valence-electron chi connectivity index (χ1n) is 6.81. The van der Waals surface area contributed by atoms with Crippen LogP contribution < -0.4 is 10.5 Å². The van der Waals surface area contributed by atoms with Gasteiger partial charge in [-0.3, -0.25) is 4.72 Å². The molecule has 0 amide bonds. The Morgan fingerprint density at radius 1 is 1.10 bits per heavy atom. The molecular weight excluding hydrogens is 284 g/mol. The molecule has 0 fully saturated rings. The van der Waals surface area contributed by atoms with E-state index in [2.05, 4.69) is 4.72 Å². The monoisotopic (exact) mass is 304 g/mol. The Labute approximate surface area is 126 Å². The maximum Gasteiger partial charge on any atom is 0.236 e. The van der Waals surface area contributed by atoms with E-state index in [1.54, 1.807) is 30.3 Å². The van der Waals surface area contributed by atoms with E-state index in [4.69, 9.17) is 5.73 Å². The Balaban J connectivity index is 2.22. The van der Waals surface area contributed by atoms with Crippen molar-refractivity contribution in [3.8, 4) is 0 Å². The molecule has 0 bridgehead atoms. The van der Waals surface area contributed by atoms with Gasteiger partial charge in [-0.25, -0.2) is 8.42 Å². The van der Waals surface area contributed by atoms with Crippen molar-refractivity contribution in [2.75, 3.05) is 10.5 Å². The van der Waals surface area contributed by atoms with Crippen molar-refractivity contribution in [2.45, 2.75) is 25.5 Å². The van der Waals surface area contributed by atoms with Gasteiger partial charge in [0.05, 0.1) is 11.4 Å². The number of para-hydroxylation sites is 1. The molecular formula is C16H20N2O2S. The Bertz CT molecular complexity index is 725. The van der Waals surface area contributed by atoms with E-state index in [0.717, 1.165) is 5.56 Å². The van der Waals surface area contributed by atoms with E-state index in [0.29, 0.717) is 16.9 Å². The second kappa shape index (κ2) is 6.18. The summed E-state index contributed by atoms with van der Waals surface area (Å²) in [5.74, 6) is 0.154. The van der Waals surface area contributed by atoms with E-state index >= 15 is 0 Å². The van der Waals surface area contributed by atoms with Gasteiger partial charge >= 0.3 is 0 Å². The first kappa shape index (κ1) is 15.4. The maximum absolute atomic E-state index is 12.3. The van der Waals surface area contributed by atoms with Gasteiger partial charge in [0, 0.05) is 5.69 Å².